The molecule has 0 radical (unpaired) electrons. The number of nitrogens with one attached hydrogen (secondary N) is 1. The van der Waals surface area contributed by atoms with Crippen molar-refractivity contribution in [2.45, 2.75) is 26.3 Å². The molecule has 3 heterocycles. The number of ether oxygens (including phenoxy) is 1. The third kappa shape index (κ3) is 4.72. The minimum Gasteiger partial charge on any atom is -0.378 e. The van der Waals surface area contributed by atoms with Crippen molar-refractivity contribution in [3.8, 4) is 0 Å². The first-order valence-electron chi connectivity index (χ1n) is 10.9. The highest BCUT2D eigenvalue weighted by molar-refractivity contribution is 5.94. The summed E-state index contributed by atoms with van der Waals surface area (Å²) in [4.78, 5) is 36.1. The van der Waals surface area contributed by atoms with Gasteiger partial charge in [-0.05, 0) is 30.2 Å². The maximum atomic E-state index is 13.2. The number of benzene rings is 1. The fourth-order valence-corrected chi connectivity index (χ4v) is 3.73. The molecule has 1 fully saturated rings. The van der Waals surface area contributed by atoms with E-state index in [1.165, 1.54) is 0 Å². The quantitative estimate of drug-likeness (QED) is 0.545. The molecular formula is C23H28N6O3. The third-order valence-electron chi connectivity index (χ3n) is 5.52. The molecule has 168 valence electrons. The Balaban J connectivity index is 1.56. The van der Waals surface area contributed by atoms with Crippen LogP contribution in [0.5, 0.6) is 0 Å². The van der Waals surface area contributed by atoms with Gasteiger partial charge in [0.15, 0.2) is 0 Å². The average Bonchev–Trinajstić information content (AvgIpc) is 2.81. The Hall–Kier alpha value is -3.46. The summed E-state index contributed by atoms with van der Waals surface area (Å²) in [6.45, 7) is 5.52. The van der Waals surface area contributed by atoms with Crippen molar-refractivity contribution in [1.82, 2.24) is 19.4 Å². The minimum atomic E-state index is -0.185. The standard InChI is InChI=1S/C23H28N6O3/c1-2-3-9-25-20-19-18(26-23(24)27-20)8-10-29(22(19)31)15-16-4-6-17(7-5-16)21(30)28-11-13-32-14-12-28/h4-8,10H,2-3,9,11-15H2,1H3,(H3,24,25,26,27). The van der Waals surface area contributed by atoms with Gasteiger partial charge < -0.3 is 25.3 Å². The molecule has 0 atom stereocenters. The van der Waals surface area contributed by atoms with Gasteiger partial charge in [0, 0.05) is 31.4 Å². The van der Waals surface area contributed by atoms with E-state index in [0.717, 1.165) is 18.4 Å². The summed E-state index contributed by atoms with van der Waals surface area (Å²) < 4.78 is 6.93. The SMILES string of the molecule is CCCCNc1nc(N)nc2ccn(Cc3ccc(C(=O)N4CCOCC4)cc3)c(=O)c12. The Kier molecular flexibility index (Phi) is 6.65. The number of aromatic nitrogens is 3. The van der Waals surface area contributed by atoms with Crippen LogP contribution in [0.4, 0.5) is 11.8 Å². The Morgan fingerprint density at radius 3 is 2.62 bits per heavy atom. The van der Waals surface area contributed by atoms with E-state index in [2.05, 4.69) is 22.2 Å². The van der Waals surface area contributed by atoms with Gasteiger partial charge in [-0.25, -0.2) is 4.98 Å². The highest BCUT2D eigenvalue weighted by Gasteiger charge is 2.18. The third-order valence-corrected chi connectivity index (χ3v) is 5.52. The van der Waals surface area contributed by atoms with E-state index < -0.39 is 0 Å². The van der Waals surface area contributed by atoms with Crippen molar-refractivity contribution >= 4 is 28.6 Å². The van der Waals surface area contributed by atoms with Crippen LogP contribution in [0.2, 0.25) is 0 Å². The van der Waals surface area contributed by atoms with Gasteiger partial charge in [-0.3, -0.25) is 9.59 Å². The number of hydrogen-bond donors (Lipinski definition) is 2. The zero-order valence-corrected chi connectivity index (χ0v) is 18.2. The summed E-state index contributed by atoms with van der Waals surface area (Å²) in [5.74, 6) is 0.598. The van der Waals surface area contributed by atoms with E-state index in [1.807, 2.05) is 12.1 Å². The molecule has 9 heteroatoms. The number of fused-ring (bicyclic) bond motifs is 1. The summed E-state index contributed by atoms with van der Waals surface area (Å²) >= 11 is 0. The first-order valence-corrected chi connectivity index (χ1v) is 10.9. The second kappa shape index (κ2) is 9.78. The van der Waals surface area contributed by atoms with Gasteiger partial charge in [0.25, 0.3) is 11.5 Å². The molecule has 1 aromatic carbocycles. The van der Waals surface area contributed by atoms with Gasteiger partial charge in [0.05, 0.1) is 25.3 Å². The fourth-order valence-electron chi connectivity index (χ4n) is 3.73. The van der Waals surface area contributed by atoms with Gasteiger partial charge in [-0.15, -0.1) is 0 Å². The van der Waals surface area contributed by atoms with Gasteiger partial charge in [-0.1, -0.05) is 25.5 Å². The number of hydrogen-bond acceptors (Lipinski definition) is 7. The largest absolute Gasteiger partial charge is 0.378 e. The Morgan fingerprint density at radius 2 is 1.91 bits per heavy atom. The lowest BCUT2D eigenvalue weighted by atomic mass is 10.1. The fraction of sp³-hybridized carbons (Fsp3) is 0.391. The normalized spacial score (nSPS) is 14.0. The number of nitrogens with two attached hydrogens (primary N) is 1. The summed E-state index contributed by atoms with van der Waals surface area (Å²) in [6.07, 6.45) is 3.70. The molecule has 3 aromatic rings. The molecular weight excluding hydrogens is 408 g/mol. The molecule has 2 aromatic heterocycles. The van der Waals surface area contributed by atoms with E-state index in [1.54, 1.807) is 33.9 Å². The van der Waals surface area contributed by atoms with Gasteiger partial charge in [-0.2, -0.15) is 4.98 Å². The second-order valence-electron chi connectivity index (χ2n) is 7.82. The number of anilines is 2. The molecule has 1 aliphatic heterocycles. The average molecular weight is 437 g/mol. The van der Waals surface area contributed by atoms with Crippen LogP contribution in [0.15, 0.2) is 41.3 Å². The zero-order chi connectivity index (χ0) is 22.5. The van der Waals surface area contributed by atoms with Crippen molar-refractivity contribution in [2.24, 2.45) is 0 Å². The number of carbonyl (C=O) groups is 1. The molecule has 4 rings (SSSR count). The van der Waals surface area contributed by atoms with Crippen LogP contribution in [0, 0.1) is 0 Å². The van der Waals surface area contributed by atoms with E-state index >= 15 is 0 Å². The predicted molar refractivity (Wildman–Crippen MR) is 124 cm³/mol. The Labute approximate surface area is 186 Å². The van der Waals surface area contributed by atoms with Crippen LogP contribution < -0.4 is 16.6 Å². The number of rotatable bonds is 7. The number of morpholine rings is 1. The van der Waals surface area contributed by atoms with Crippen LogP contribution in [0.25, 0.3) is 10.9 Å². The Morgan fingerprint density at radius 1 is 1.16 bits per heavy atom. The number of pyridine rings is 1. The maximum absolute atomic E-state index is 13.2. The second-order valence-corrected chi connectivity index (χ2v) is 7.82. The molecule has 0 unspecified atom stereocenters. The molecule has 0 aliphatic carbocycles. The molecule has 0 spiro atoms. The van der Waals surface area contributed by atoms with Gasteiger partial charge in [0.1, 0.15) is 11.2 Å². The van der Waals surface area contributed by atoms with Crippen molar-refractivity contribution in [3.05, 3.63) is 58.0 Å². The summed E-state index contributed by atoms with van der Waals surface area (Å²) in [7, 11) is 0. The van der Waals surface area contributed by atoms with Crippen molar-refractivity contribution < 1.29 is 9.53 Å². The van der Waals surface area contributed by atoms with Crippen LogP contribution >= 0.6 is 0 Å². The Bertz CT molecular complexity index is 1150. The molecule has 3 N–H and O–H groups in total. The minimum absolute atomic E-state index is 0.000236. The van der Waals surface area contributed by atoms with Crippen molar-refractivity contribution in [3.63, 3.8) is 0 Å². The molecule has 9 nitrogen and oxygen atoms in total. The summed E-state index contributed by atoms with van der Waals surface area (Å²) in [5, 5.41) is 3.64. The van der Waals surface area contributed by atoms with Crippen LogP contribution in [-0.2, 0) is 11.3 Å². The topological polar surface area (TPSA) is 115 Å². The molecule has 0 bridgehead atoms. The van der Waals surface area contributed by atoms with E-state index in [4.69, 9.17) is 10.5 Å². The molecule has 1 saturated heterocycles. The van der Waals surface area contributed by atoms with E-state index in [-0.39, 0.29) is 17.4 Å². The lowest BCUT2D eigenvalue weighted by Crippen LogP contribution is -2.40. The number of amides is 1. The van der Waals surface area contributed by atoms with Crippen LogP contribution in [0.1, 0.15) is 35.7 Å². The first-order chi connectivity index (χ1) is 15.6. The molecule has 1 aliphatic rings. The molecule has 1 amide bonds. The first kappa shape index (κ1) is 21.8. The zero-order valence-electron chi connectivity index (χ0n) is 18.2. The lowest BCUT2D eigenvalue weighted by Gasteiger charge is -2.26. The number of nitrogens with zero attached hydrogens (tertiary/aromatic N) is 4. The van der Waals surface area contributed by atoms with E-state index in [0.29, 0.717) is 61.7 Å². The van der Waals surface area contributed by atoms with Gasteiger partial charge >= 0.3 is 0 Å². The predicted octanol–water partition coefficient (Wildman–Crippen LogP) is 2.11. The van der Waals surface area contributed by atoms with Gasteiger partial charge in [0.2, 0.25) is 5.95 Å². The lowest BCUT2D eigenvalue weighted by molar-refractivity contribution is 0.0303. The van der Waals surface area contributed by atoms with Crippen LogP contribution in [-0.4, -0.2) is 58.2 Å². The highest BCUT2D eigenvalue weighted by Crippen LogP contribution is 2.18. The van der Waals surface area contributed by atoms with Crippen molar-refractivity contribution in [2.75, 3.05) is 43.9 Å². The number of carbonyl (C=O) groups excluding carboxylic acids is 1. The smallest absolute Gasteiger partial charge is 0.264 e. The maximum Gasteiger partial charge on any atom is 0.264 e. The van der Waals surface area contributed by atoms with Crippen LogP contribution in [0.3, 0.4) is 0 Å². The van der Waals surface area contributed by atoms with E-state index in [9.17, 15) is 9.59 Å². The monoisotopic (exact) mass is 436 g/mol. The summed E-state index contributed by atoms with van der Waals surface area (Å²) in [5.41, 5.74) is 7.71. The number of nitrogen functional groups attached to an aromatic ring is 1. The highest BCUT2D eigenvalue weighted by atomic mass is 16.5. The van der Waals surface area contributed by atoms with Crippen molar-refractivity contribution in [1.29, 1.82) is 0 Å². The summed E-state index contributed by atoms with van der Waals surface area (Å²) in [6, 6.07) is 9.14. The molecule has 0 saturated carbocycles. The molecule has 32 heavy (non-hydrogen) atoms. The number of unbranched alkanes of at least 4 members (excludes halogenated alkanes) is 1.